The van der Waals surface area contributed by atoms with Gasteiger partial charge < -0.3 is 15.2 Å². The zero-order chi connectivity index (χ0) is 15.0. The molecule has 7 heteroatoms. The van der Waals surface area contributed by atoms with Crippen molar-refractivity contribution in [3.8, 4) is 0 Å². The Morgan fingerprint density at radius 2 is 2.00 bits per heavy atom. The smallest absolute Gasteiger partial charge is 0.223 e. The standard InChI is InChI=1S/C14H15ClN6/c1-20(12-7-11(15)18-14(16)19-12)8-13-17-9-5-3-4-6-10(9)21(13)2/h3-7H,8H2,1-2H3,(H2,16,18,19). The fourth-order valence-corrected chi connectivity index (χ4v) is 2.43. The van der Waals surface area contributed by atoms with Gasteiger partial charge >= 0.3 is 0 Å². The molecule has 0 amide bonds. The summed E-state index contributed by atoms with van der Waals surface area (Å²) >= 11 is 5.91. The maximum atomic E-state index is 5.91. The highest BCUT2D eigenvalue weighted by molar-refractivity contribution is 6.29. The minimum atomic E-state index is 0.161. The van der Waals surface area contributed by atoms with Gasteiger partial charge in [-0.2, -0.15) is 4.98 Å². The van der Waals surface area contributed by atoms with E-state index in [0.29, 0.717) is 17.5 Å². The Balaban J connectivity index is 1.92. The Labute approximate surface area is 127 Å². The number of imidazole rings is 1. The van der Waals surface area contributed by atoms with Crippen LogP contribution < -0.4 is 10.6 Å². The number of anilines is 2. The average molecular weight is 303 g/mol. The second-order valence-electron chi connectivity index (χ2n) is 4.84. The minimum absolute atomic E-state index is 0.161. The Bertz CT molecular complexity index is 777. The Morgan fingerprint density at radius 3 is 2.71 bits per heavy atom. The molecular weight excluding hydrogens is 288 g/mol. The minimum Gasteiger partial charge on any atom is -0.368 e. The Morgan fingerprint density at radius 1 is 1.24 bits per heavy atom. The van der Waals surface area contributed by atoms with Crippen LogP contribution in [0.25, 0.3) is 11.0 Å². The molecule has 6 nitrogen and oxygen atoms in total. The highest BCUT2D eigenvalue weighted by Crippen LogP contribution is 2.19. The maximum absolute atomic E-state index is 5.91. The molecule has 3 rings (SSSR count). The van der Waals surface area contributed by atoms with E-state index in [-0.39, 0.29) is 5.95 Å². The van der Waals surface area contributed by atoms with Gasteiger partial charge in [-0.25, -0.2) is 9.97 Å². The van der Waals surface area contributed by atoms with Gasteiger partial charge in [0.1, 0.15) is 16.8 Å². The summed E-state index contributed by atoms with van der Waals surface area (Å²) in [6.45, 7) is 0.595. The van der Waals surface area contributed by atoms with Crippen LogP contribution in [0, 0.1) is 0 Å². The number of halogens is 1. The average Bonchev–Trinajstić information content (AvgIpc) is 2.75. The molecule has 2 aromatic heterocycles. The van der Waals surface area contributed by atoms with E-state index in [1.165, 1.54) is 0 Å². The topological polar surface area (TPSA) is 72.9 Å². The third-order valence-electron chi connectivity index (χ3n) is 3.35. The van der Waals surface area contributed by atoms with Crippen molar-refractivity contribution in [1.82, 2.24) is 19.5 Å². The molecule has 0 atom stereocenters. The van der Waals surface area contributed by atoms with E-state index in [9.17, 15) is 0 Å². The lowest BCUT2D eigenvalue weighted by molar-refractivity contribution is 0.768. The summed E-state index contributed by atoms with van der Waals surface area (Å²) in [4.78, 5) is 14.6. The van der Waals surface area contributed by atoms with Crippen LogP contribution in [-0.2, 0) is 13.6 Å². The molecule has 0 aliphatic rings. The molecule has 21 heavy (non-hydrogen) atoms. The fraction of sp³-hybridized carbons (Fsp3) is 0.214. The SMILES string of the molecule is CN(Cc1nc2ccccc2n1C)c1cc(Cl)nc(N)n1. The summed E-state index contributed by atoms with van der Waals surface area (Å²) in [6, 6.07) is 9.71. The zero-order valence-electron chi connectivity index (χ0n) is 11.8. The molecule has 0 unspecified atom stereocenters. The first-order chi connectivity index (χ1) is 10.0. The molecular formula is C14H15ClN6. The number of nitrogens with two attached hydrogens (primary N) is 1. The molecule has 0 aliphatic heterocycles. The van der Waals surface area contributed by atoms with E-state index in [2.05, 4.69) is 19.5 Å². The van der Waals surface area contributed by atoms with Gasteiger partial charge in [0, 0.05) is 20.2 Å². The van der Waals surface area contributed by atoms with Crippen molar-refractivity contribution in [1.29, 1.82) is 0 Å². The van der Waals surface area contributed by atoms with Gasteiger partial charge in [0.05, 0.1) is 17.6 Å². The quantitative estimate of drug-likeness (QED) is 0.751. The molecule has 3 aromatic rings. The van der Waals surface area contributed by atoms with Gasteiger partial charge in [-0.1, -0.05) is 23.7 Å². The molecule has 0 saturated heterocycles. The lowest BCUT2D eigenvalue weighted by atomic mass is 10.3. The molecule has 0 radical (unpaired) electrons. The number of benzene rings is 1. The van der Waals surface area contributed by atoms with E-state index in [1.807, 2.05) is 43.3 Å². The van der Waals surface area contributed by atoms with Gasteiger partial charge in [-0.15, -0.1) is 0 Å². The highest BCUT2D eigenvalue weighted by atomic mass is 35.5. The number of para-hydroxylation sites is 2. The summed E-state index contributed by atoms with van der Waals surface area (Å²) < 4.78 is 2.07. The number of hydrogen-bond donors (Lipinski definition) is 1. The van der Waals surface area contributed by atoms with Gasteiger partial charge in [-0.05, 0) is 12.1 Å². The zero-order valence-corrected chi connectivity index (χ0v) is 12.5. The lowest BCUT2D eigenvalue weighted by Crippen LogP contribution is -2.20. The lowest BCUT2D eigenvalue weighted by Gasteiger charge is -2.18. The summed E-state index contributed by atoms with van der Waals surface area (Å²) in [6.07, 6.45) is 0. The van der Waals surface area contributed by atoms with Crippen molar-refractivity contribution >= 4 is 34.4 Å². The first-order valence-corrected chi connectivity index (χ1v) is 6.84. The van der Waals surface area contributed by atoms with E-state index < -0.39 is 0 Å². The first-order valence-electron chi connectivity index (χ1n) is 6.46. The number of hydrogen-bond acceptors (Lipinski definition) is 5. The third kappa shape index (κ3) is 2.62. The second kappa shape index (κ2) is 5.21. The Kier molecular flexibility index (Phi) is 3.39. The van der Waals surface area contributed by atoms with Crippen LogP contribution in [0.4, 0.5) is 11.8 Å². The maximum Gasteiger partial charge on any atom is 0.223 e. The highest BCUT2D eigenvalue weighted by Gasteiger charge is 2.12. The second-order valence-corrected chi connectivity index (χ2v) is 5.23. The van der Waals surface area contributed by atoms with E-state index in [0.717, 1.165) is 16.9 Å². The van der Waals surface area contributed by atoms with Gasteiger partial charge in [0.15, 0.2) is 0 Å². The predicted molar refractivity (Wildman–Crippen MR) is 84.3 cm³/mol. The molecule has 2 heterocycles. The number of nitrogen functional groups attached to an aromatic ring is 1. The van der Waals surface area contributed by atoms with Crippen molar-refractivity contribution < 1.29 is 0 Å². The molecule has 0 fully saturated rings. The van der Waals surface area contributed by atoms with E-state index >= 15 is 0 Å². The number of nitrogens with zero attached hydrogens (tertiary/aromatic N) is 5. The van der Waals surface area contributed by atoms with Crippen molar-refractivity contribution in [2.75, 3.05) is 17.7 Å². The summed E-state index contributed by atoms with van der Waals surface area (Å²) in [5, 5.41) is 0.328. The van der Waals surface area contributed by atoms with Crippen molar-refractivity contribution in [3.05, 3.63) is 41.3 Å². The van der Waals surface area contributed by atoms with Crippen molar-refractivity contribution in [3.63, 3.8) is 0 Å². The first kappa shape index (κ1) is 13.6. The predicted octanol–water partition coefficient (Wildman–Crippen LogP) is 2.24. The number of rotatable bonds is 3. The van der Waals surface area contributed by atoms with Crippen LogP contribution in [0.3, 0.4) is 0 Å². The van der Waals surface area contributed by atoms with E-state index in [1.54, 1.807) is 6.07 Å². The van der Waals surface area contributed by atoms with Crippen LogP contribution >= 0.6 is 11.6 Å². The summed E-state index contributed by atoms with van der Waals surface area (Å²) in [7, 11) is 3.91. The van der Waals surface area contributed by atoms with Crippen LogP contribution in [-0.4, -0.2) is 26.6 Å². The normalized spacial score (nSPS) is 11.0. The van der Waals surface area contributed by atoms with Crippen molar-refractivity contribution in [2.45, 2.75) is 6.54 Å². The van der Waals surface area contributed by atoms with Gasteiger partial charge in [-0.3, -0.25) is 0 Å². The molecule has 0 aliphatic carbocycles. The molecule has 0 bridgehead atoms. The molecule has 108 valence electrons. The van der Waals surface area contributed by atoms with Gasteiger partial charge in [0.25, 0.3) is 0 Å². The monoisotopic (exact) mass is 302 g/mol. The number of fused-ring (bicyclic) bond motifs is 1. The van der Waals surface area contributed by atoms with Crippen molar-refractivity contribution in [2.24, 2.45) is 7.05 Å². The van der Waals surface area contributed by atoms with E-state index in [4.69, 9.17) is 17.3 Å². The molecule has 0 spiro atoms. The number of aromatic nitrogens is 4. The van der Waals surface area contributed by atoms with Crippen LogP contribution in [0.15, 0.2) is 30.3 Å². The largest absolute Gasteiger partial charge is 0.368 e. The summed E-state index contributed by atoms with van der Waals surface area (Å²) in [5.41, 5.74) is 7.70. The molecule has 1 aromatic carbocycles. The van der Waals surface area contributed by atoms with Crippen LogP contribution in [0.2, 0.25) is 5.15 Å². The fourth-order valence-electron chi connectivity index (χ4n) is 2.25. The molecule has 2 N–H and O–H groups in total. The third-order valence-corrected chi connectivity index (χ3v) is 3.54. The van der Waals surface area contributed by atoms with Crippen LogP contribution in [0.1, 0.15) is 5.82 Å². The van der Waals surface area contributed by atoms with Gasteiger partial charge in [0.2, 0.25) is 5.95 Å². The number of aryl methyl sites for hydroxylation is 1. The summed E-state index contributed by atoms with van der Waals surface area (Å²) in [5.74, 6) is 1.76. The van der Waals surface area contributed by atoms with Crippen LogP contribution in [0.5, 0.6) is 0 Å². The Hall–Kier alpha value is -2.34. The molecule has 0 saturated carbocycles.